The fourth-order valence-corrected chi connectivity index (χ4v) is 3.27. The Morgan fingerprint density at radius 1 is 1.14 bits per heavy atom. The Bertz CT molecular complexity index is 910. The van der Waals surface area contributed by atoms with Crippen LogP contribution in [0.15, 0.2) is 42.5 Å². The maximum Gasteiger partial charge on any atom is 0.233 e. The van der Waals surface area contributed by atoms with Crippen molar-refractivity contribution in [2.24, 2.45) is 0 Å². The van der Waals surface area contributed by atoms with Crippen LogP contribution in [-0.4, -0.2) is 63.9 Å². The van der Waals surface area contributed by atoms with Crippen LogP contribution >= 0.6 is 11.9 Å². The van der Waals surface area contributed by atoms with E-state index in [0.717, 1.165) is 55.0 Å². The molecule has 1 aromatic heterocycles. The highest BCUT2D eigenvalue weighted by Gasteiger charge is 2.12. The summed E-state index contributed by atoms with van der Waals surface area (Å²) in [5.41, 5.74) is 1.95. The topological polar surface area (TPSA) is 80.0 Å². The minimum absolute atomic E-state index is 0.290. The van der Waals surface area contributed by atoms with Crippen molar-refractivity contribution < 1.29 is 19.2 Å². The average molecular weight is 406 g/mol. The van der Waals surface area contributed by atoms with E-state index in [1.54, 1.807) is 6.07 Å². The van der Waals surface area contributed by atoms with Gasteiger partial charge >= 0.3 is 0 Å². The highest BCUT2D eigenvalue weighted by Crippen LogP contribution is 2.27. The number of rotatable bonds is 5. The Labute approximate surface area is 168 Å². The number of aromatic nitrogens is 2. The van der Waals surface area contributed by atoms with Crippen molar-refractivity contribution in [3.05, 3.63) is 48.2 Å². The number of benzene rings is 2. The summed E-state index contributed by atoms with van der Waals surface area (Å²) in [6.45, 7) is 7.01. The molecule has 1 aliphatic heterocycles. The highest BCUT2D eigenvalue weighted by molar-refractivity contribution is 6.04. The van der Waals surface area contributed by atoms with Gasteiger partial charge in [0.05, 0.1) is 30.8 Å². The van der Waals surface area contributed by atoms with E-state index in [-0.39, 0.29) is 0 Å². The number of nitrogens with zero attached hydrogens (tertiary/aromatic N) is 3. The summed E-state index contributed by atoms with van der Waals surface area (Å²) in [6, 6.07) is 13.4. The second-order valence-corrected chi connectivity index (χ2v) is 6.52. The third-order valence-electron chi connectivity index (χ3n) is 4.71. The van der Waals surface area contributed by atoms with Gasteiger partial charge in [-0.3, -0.25) is 9.56 Å². The molecule has 0 atom stereocenters. The molecule has 0 unspecified atom stereocenters. The molecule has 2 aromatic carbocycles. The van der Waals surface area contributed by atoms with Crippen LogP contribution in [0.1, 0.15) is 5.69 Å². The van der Waals surface area contributed by atoms with Gasteiger partial charge in [0.1, 0.15) is 12.4 Å². The van der Waals surface area contributed by atoms with Crippen molar-refractivity contribution in [3.8, 4) is 17.3 Å². The van der Waals surface area contributed by atoms with Gasteiger partial charge in [0, 0.05) is 36.8 Å². The fourth-order valence-electron chi connectivity index (χ4n) is 3.27. The molecular weight excluding hydrogens is 382 g/mol. The molecule has 0 saturated carbocycles. The van der Waals surface area contributed by atoms with Gasteiger partial charge in [0.2, 0.25) is 5.88 Å². The van der Waals surface area contributed by atoms with E-state index in [2.05, 4.69) is 21.9 Å². The summed E-state index contributed by atoms with van der Waals surface area (Å²) < 4.78 is 19.5. The first-order valence-electron chi connectivity index (χ1n) is 9.09. The lowest BCUT2D eigenvalue weighted by Gasteiger charge is -2.26. The Hall–Kier alpha value is -2.32. The lowest BCUT2D eigenvalue weighted by molar-refractivity contribution is 0.0320. The monoisotopic (exact) mass is 405 g/mol. The first kappa shape index (κ1) is 20.4. The van der Waals surface area contributed by atoms with E-state index < -0.39 is 0 Å². The van der Waals surface area contributed by atoms with Crippen molar-refractivity contribution in [1.29, 1.82) is 0 Å². The number of aryl methyl sites for hydroxylation is 1. The Morgan fingerprint density at radius 2 is 1.93 bits per heavy atom. The number of morpholine rings is 1. The Morgan fingerprint density at radius 3 is 2.71 bits per heavy atom. The van der Waals surface area contributed by atoms with Crippen LogP contribution in [0.3, 0.4) is 0 Å². The van der Waals surface area contributed by atoms with Crippen molar-refractivity contribution in [2.45, 2.75) is 6.92 Å². The summed E-state index contributed by atoms with van der Waals surface area (Å²) in [5, 5.41) is 16.3. The minimum Gasteiger partial charge on any atom is -0.507 e. The number of hydrogen-bond acceptors (Lipinski definition) is 6. The summed E-state index contributed by atoms with van der Waals surface area (Å²) >= 11 is 3.64. The number of fused-ring (bicyclic) bond motifs is 1. The quantitative estimate of drug-likeness (QED) is 0.679. The molecule has 0 amide bonds. The van der Waals surface area contributed by atoms with E-state index >= 15 is 0 Å². The van der Waals surface area contributed by atoms with E-state index in [1.165, 1.54) is 0 Å². The zero-order valence-electron chi connectivity index (χ0n) is 15.7. The molecule has 4 rings (SSSR count). The number of phenols is 1. The number of phenolic OH excluding ortho intramolecular Hbond substituents is 1. The molecule has 150 valence electrons. The average Bonchev–Trinajstić information content (AvgIpc) is 3.11. The van der Waals surface area contributed by atoms with Gasteiger partial charge in [0.15, 0.2) is 0 Å². The van der Waals surface area contributed by atoms with Gasteiger partial charge in [-0.05, 0) is 36.6 Å². The zero-order valence-corrected chi connectivity index (χ0v) is 16.5. The van der Waals surface area contributed by atoms with E-state index in [4.69, 9.17) is 14.1 Å². The van der Waals surface area contributed by atoms with E-state index in [1.807, 2.05) is 48.0 Å². The maximum atomic E-state index is 9.94. The van der Waals surface area contributed by atoms with Crippen LogP contribution in [0.2, 0.25) is 0 Å². The Balaban J connectivity index is 0.00000109. The lowest BCUT2D eigenvalue weighted by atomic mass is 10.1. The SMILES string of the molecule is Cc1cc(OCCN2CCOCC2)nn1-c1ccc2c(O)cccc2c1.OCl. The molecule has 2 heterocycles. The number of aromatic hydroxyl groups is 1. The molecule has 28 heavy (non-hydrogen) atoms. The van der Waals surface area contributed by atoms with Crippen molar-refractivity contribution in [3.63, 3.8) is 0 Å². The van der Waals surface area contributed by atoms with Crippen molar-refractivity contribution >= 4 is 22.6 Å². The van der Waals surface area contributed by atoms with E-state index in [0.29, 0.717) is 18.2 Å². The molecule has 0 spiro atoms. The van der Waals surface area contributed by atoms with Crippen LogP contribution in [0.25, 0.3) is 16.5 Å². The van der Waals surface area contributed by atoms with Gasteiger partial charge < -0.3 is 14.6 Å². The van der Waals surface area contributed by atoms with E-state index in [9.17, 15) is 5.11 Å². The third-order valence-corrected chi connectivity index (χ3v) is 4.71. The van der Waals surface area contributed by atoms with Gasteiger partial charge in [-0.15, -0.1) is 5.10 Å². The van der Waals surface area contributed by atoms with Crippen LogP contribution in [0.4, 0.5) is 0 Å². The zero-order chi connectivity index (χ0) is 19.9. The molecule has 1 fully saturated rings. The van der Waals surface area contributed by atoms with Crippen LogP contribution < -0.4 is 4.74 Å². The molecule has 0 aliphatic carbocycles. The Kier molecular flexibility index (Phi) is 7.11. The molecule has 0 bridgehead atoms. The lowest BCUT2D eigenvalue weighted by Crippen LogP contribution is -2.38. The summed E-state index contributed by atoms with van der Waals surface area (Å²) in [7, 11) is 0. The second-order valence-electron chi connectivity index (χ2n) is 6.52. The van der Waals surface area contributed by atoms with Gasteiger partial charge in [-0.2, -0.15) is 0 Å². The number of hydrogen-bond donors (Lipinski definition) is 2. The number of ether oxygens (including phenoxy) is 2. The van der Waals surface area contributed by atoms with Crippen LogP contribution in [0.5, 0.6) is 11.6 Å². The standard InChI is InChI=1S/C20H23N3O3.ClHO/c1-15-13-20(26-12-9-22-7-10-25-11-8-22)21-23(15)17-5-6-18-16(14-17)3-2-4-19(18)24;1-2/h2-6,13-14,24H,7-12H2,1H3;2H. The second kappa shape index (κ2) is 9.75. The number of halogens is 1. The van der Waals surface area contributed by atoms with Crippen molar-refractivity contribution in [2.75, 3.05) is 39.5 Å². The molecule has 1 aliphatic rings. The normalized spacial score (nSPS) is 14.5. The van der Waals surface area contributed by atoms with Crippen LogP contribution in [0, 0.1) is 6.92 Å². The third kappa shape index (κ3) is 4.74. The summed E-state index contributed by atoms with van der Waals surface area (Å²) in [5.74, 6) is 0.921. The summed E-state index contributed by atoms with van der Waals surface area (Å²) in [6.07, 6.45) is 0. The molecule has 1 saturated heterocycles. The molecule has 3 aromatic rings. The predicted molar refractivity (Wildman–Crippen MR) is 108 cm³/mol. The fraction of sp³-hybridized carbons (Fsp3) is 0.350. The predicted octanol–water partition coefficient (Wildman–Crippen LogP) is 2.88. The van der Waals surface area contributed by atoms with Gasteiger partial charge in [-0.25, -0.2) is 4.68 Å². The smallest absolute Gasteiger partial charge is 0.233 e. The molecular formula is C20H24ClN3O4. The largest absolute Gasteiger partial charge is 0.507 e. The maximum absolute atomic E-state index is 9.94. The molecule has 2 N–H and O–H groups in total. The molecule has 0 radical (unpaired) electrons. The minimum atomic E-state index is 0.290. The first-order valence-corrected chi connectivity index (χ1v) is 9.43. The molecule has 7 nitrogen and oxygen atoms in total. The van der Waals surface area contributed by atoms with Crippen LogP contribution in [-0.2, 0) is 4.74 Å². The molecule has 8 heteroatoms. The van der Waals surface area contributed by atoms with Gasteiger partial charge in [-0.1, -0.05) is 12.1 Å². The van der Waals surface area contributed by atoms with Gasteiger partial charge in [0.25, 0.3) is 0 Å². The summed E-state index contributed by atoms with van der Waals surface area (Å²) in [4.78, 5) is 2.34. The first-order chi connectivity index (χ1) is 13.7. The highest BCUT2D eigenvalue weighted by atomic mass is 35.5. The van der Waals surface area contributed by atoms with Crippen molar-refractivity contribution in [1.82, 2.24) is 14.7 Å².